The van der Waals surface area contributed by atoms with Gasteiger partial charge in [0.1, 0.15) is 5.82 Å². The zero-order valence-corrected chi connectivity index (χ0v) is 15.5. The Labute approximate surface area is 158 Å². The number of anilines is 1. The molecule has 0 radical (unpaired) electrons. The van der Waals surface area contributed by atoms with Crippen molar-refractivity contribution in [3.63, 3.8) is 0 Å². The summed E-state index contributed by atoms with van der Waals surface area (Å²) in [5.74, 6) is -1.07. The number of halogens is 1. The zero-order valence-electron chi connectivity index (χ0n) is 15.5. The first-order valence-corrected chi connectivity index (χ1v) is 8.96. The number of cyclic esters (lactones) is 1. The van der Waals surface area contributed by atoms with E-state index in [1.807, 2.05) is 12.1 Å². The molecule has 0 fully saturated rings. The van der Waals surface area contributed by atoms with E-state index in [4.69, 9.17) is 4.74 Å². The summed E-state index contributed by atoms with van der Waals surface area (Å²) in [7, 11) is 1.81. The van der Waals surface area contributed by atoms with Crippen LogP contribution in [0.5, 0.6) is 0 Å². The van der Waals surface area contributed by atoms with E-state index in [1.54, 1.807) is 49.2 Å². The first-order valence-electron chi connectivity index (χ1n) is 8.96. The number of nitrogens with zero attached hydrogens (tertiary/aromatic N) is 1. The van der Waals surface area contributed by atoms with Crippen molar-refractivity contribution in [2.45, 2.75) is 25.4 Å². The third-order valence-electron chi connectivity index (χ3n) is 4.78. The van der Waals surface area contributed by atoms with Gasteiger partial charge in [-0.1, -0.05) is 30.3 Å². The van der Waals surface area contributed by atoms with Gasteiger partial charge in [-0.2, -0.15) is 0 Å². The highest BCUT2D eigenvalue weighted by Crippen LogP contribution is 2.28. The highest BCUT2D eigenvalue weighted by molar-refractivity contribution is 5.97. The number of hydrogen-bond donors (Lipinski definition) is 1. The van der Waals surface area contributed by atoms with Crippen LogP contribution < -0.4 is 10.2 Å². The molecule has 1 atom stereocenters. The second kappa shape index (κ2) is 7.78. The molecule has 1 N–H and O–H groups in total. The van der Waals surface area contributed by atoms with Crippen LogP contribution in [-0.2, 0) is 16.0 Å². The molecule has 1 aliphatic rings. The summed E-state index contributed by atoms with van der Waals surface area (Å²) in [5.41, 5.74) is 0.622. The molecule has 1 aliphatic heterocycles. The number of nitrogens with one attached hydrogen (secondary N) is 1. The number of carbonyl (C=O) groups is 2. The Kier molecular flexibility index (Phi) is 5.44. The molecule has 1 unspecified atom stereocenters. The molecule has 0 aromatic heterocycles. The van der Waals surface area contributed by atoms with Crippen molar-refractivity contribution in [3.8, 4) is 0 Å². The third-order valence-corrected chi connectivity index (χ3v) is 4.78. The van der Waals surface area contributed by atoms with Gasteiger partial charge >= 0.3 is 5.97 Å². The molecule has 142 valence electrons. The molecule has 27 heavy (non-hydrogen) atoms. The van der Waals surface area contributed by atoms with E-state index >= 15 is 0 Å². The molecule has 6 heteroatoms. The van der Waals surface area contributed by atoms with Gasteiger partial charge < -0.3 is 15.0 Å². The van der Waals surface area contributed by atoms with Crippen molar-refractivity contribution in [2.75, 3.05) is 25.0 Å². The van der Waals surface area contributed by atoms with Gasteiger partial charge in [-0.3, -0.25) is 4.79 Å². The molecular formula is C21H23FN2O3. The van der Waals surface area contributed by atoms with Gasteiger partial charge in [-0.25, -0.2) is 9.18 Å². The Hall–Kier alpha value is -2.89. The first kappa shape index (κ1) is 18.9. The first-order chi connectivity index (χ1) is 12.9. The quantitative estimate of drug-likeness (QED) is 0.627. The standard InChI is InChI=1S/C21H23FN2O3/c1-21(14-15-8-3-4-9-16(15)19(25)27-21)20(26)23-12-7-13-24(2)18-11-6-5-10-17(18)22/h3-6,8-11H,7,12-14H2,1-2H3,(H,23,26). The molecule has 1 heterocycles. The van der Waals surface area contributed by atoms with Gasteiger partial charge in [0.2, 0.25) is 0 Å². The molecule has 0 saturated carbocycles. The van der Waals surface area contributed by atoms with Crippen molar-refractivity contribution in [3.05, 3.63) is 65.5 Å². The fourth-order valence-electron chi connectivity index (χ4n) is 3.25. The van der Waals surface area contributed by atoms with Crippen molar-refractivity contribution in [1.82, 2.24) is 5.32 Å². The largest absolute Gasteiger partial charge is 0.445 e. The van der Waals surface area contributed by atoms with Crippen LogP contribution in [0.2, 0.25) is 0 Å². The second-order valence-electron chi connectivity index (χ2n) is 6.94. The van der Waals surface area contributed by atoms with Crippen LogP contribution in [0, 0.1) is 5.82 Å². The molecule has 0 saturated heterocycles. The maximum Gasteiger partial charge on any atom is 0.339 e. The average molecular weight is 370 g/mol. The number of carbonyl (C=O) groups excluding carboxylic acids is 2. The molecule has 5 nitrogen and oxygen atoms in total. The summed E-state index contributed by atoms with van der Waals surface area (Å²) < 4.78 is 19.2. The van der Waals surface area contributed by atoms with Crippen molar-refractivity contribution in [1.29, 1.82) is 0 Å². The highest BCUT2D eigenvalue weighted by Gasteiger charge is 2.42. The fourth-order valence-corrected chi connectivity index (χ4v) is 3.25. The second-order valence-corrected chi connectivity index (χ2v) is 6.94. The van der Waals surface area contributed by atoms with Gasteiger partial charge in [0.05, 0.1) is 11.3 Å². The summed E-state index contributed by atoms with van der Waals surface area (Å²) in [4.78, 5) is 26.6. The lowest BCUT2D eigenvalue weighted by molar-refractivity contribution is -0.139. The van der Waals surface area contributed by atoms with Crippen LogP contribution in [0.15, 0.2) is 48.5 Å². The maximum atomic E-state index is 13.8. The molecule has 3 rings (SSSR count). The van der Waals surface area contributed by atoms with Gasteiger partial charge in [-0.05, 0) is 37.1 Å². The number of ether oxygens (including phenoxy) is 1. The Balaban J connectivity index is 1.52. The van der Waals surface area contributed by atoms with E-state index < -0.39 is 11.6 Å². The van der Waals surface area contributed by atoms with Crippen LogP contribution in [0.3, 0.4) is 0 Å². The Morgan fingerprint density at radius 3 is 2.70 bits per heavy atom. The molecule has 0 spiro atoms. The smallest absolute Gasteiger partial charge is 0.339 e. The molecule has 2 aromatic carbocycles. The van der Waals surface area contributed by atoms with Crippen molar-refractivity contribution in [2.24, 2.45) is 0 Å². The highest BCUT2D eigenvalue weighted by atomic mass is 19.1. The van der Waals surface area contributed by atoms with E-state index in [9.17, 15) is 14.0 Å². The molecular weight excluding hydrogens is 347 g/mol. The SMILES string of the molecule is CN(CCCNC(=O)C1(C)Cc2ccccc2C(=O)O1)c1ccccc1F. The number of rotatable bonds is 6. The summed E-state index contributed by atoms with van der Waals surface area (Å²) in [6.45, 7) is 2.62. The summed E-state index contributed by atoms with van der Waals surface area (Å²) in [6, 6.07) is 13.7. The van der Waals surface area contributed by atoms with E-state index in [-0.39, 0.29) is 11.7 Å². The lowest BCUT2D eigenvalue weighted by atomic mass is 9.89. The van der Waals surface area contributed by atoms with E-state index in [2.05, 4.69) is 5.32 Å². The lowest BCUT2D eigenvalue weighted by Crippen LogP contribution is -2.52. The number of hydrogen-bond acceptors (Lipinski definition) is 4. The van der Waals surface area contributed by atoms with Crippen LogP contribution in [0.4, 0.5) is 10.1 Å². The Bertz CT molecular complexity index is 855. The van der Waals surface area contributed by atoms with E-state index in [0.29, 0.717) is 37.2 Å². The third kappa shape index (κ3) is 4.10. The van der Waals surface area contributed by atoms with Crippen LogP contribution >= 0.6 is 0 Å². The van der Waals surface area contributed by atoms with Gasteiger partial charge in [-0.15, -0.1) is 0 Å². The Morgan fingerprint density at radius 2 is 1.93 bits per heavy atom. The normalized spacial score (nSPS) is 18.4. The van der Waals surface area contributed by atoms with Gasteiger partial charge in [0.15, 0.2) is 5.60 Å². The van der Waals surface area contributed by atoms with Crippen LogP contribution in [0.25, 0.3) is 0 Å². The average Bonchev–Trinajstić information content (AvgIpc) is 2.65. The molecule has 1 amide bonds. The van der Waals surface area contributed by atoms with Crippen molar-refractivity contribution >= 4 is 17.6 Å². The topological polar surface area (TPSA) is 58.6 Å². The monoisotopic (exact) mass is 370 g/mol. The minimum absolute atomic E-state index is 0.274. The Morgan fingerprint density at radius 1 is 1.22 bits per heavy atom. The van der Waals surface area contributed by atoms with Crippen molar-refractivity contribution < 1.29 is 18.7 Å². The predicted molar refractivity (Wildman–Crippen MR) is 101 cm³/mol. The number of para-hydroxylation sites is 1. The summed E-state index contributed by atoms with van der Waals surface area (Å²) in [6.07, 6.45) is 0.979. The molecule has 0 bridgehead atoms. The maximum absolute atomic E-state index is 13.8. The number of esters is 1. The number of benzene rings is 2. The van der Waals surface area contributed by atoms with E-state index in [1.165, 1.54) is 6.07 Å². The molecule has 0 aliphatic carbocycles. The summed E-state index contributed by atoms with van der Waals surface area (Å²) in [5, 5.41) is 2.83. The predicted octanol–water partition coefficient (Wildman–Crippen LogP) is 2.94. The van der Waals surface area contributed by atoms with Crippen LogP contribution in [-0.4, -0.2) is 37.6 Å². The number of amides is 1. The van der Waals surface area contributed by atoms with Crippen LogP contribution in [0.1, 0.15) is 29.3 Å². The van der Waals surface area contributed by atoms with Gasteiger partial charge in [0, 0.05) is 26.6 Å². The minimum atomic E-state index is -1.22. The minimum Gasteiger partial charge on any atom is -0.445 e. The van der Waals surface area contributed by atoms with E-state index in [0.717, 1.165) is 5.56 Å². The fraction of sp³-hybridized carbons (Fsp3) is 0.333. The zero-order chi connectivity index (χ0) is 19.4. The molecule has 2 aromatic rings. The number of fused-ring (bicyclic) bond motifs is 1. The lowest BCUT2D eigenvalue weighted by Gasteiger charge is -2.33. The summed E-state index contributed by atoms with van der Waals surface area (Å²) >= 11 is 0. The van der Waals surface area contributed by atoms with Gasteiger partial charge in [0.25, 0.3) is 5.91 Å².